The van der Waals surface area contributed by atoms with Gasteiger partial charge in [-0.25, -0.2) is 0 Å². The SMILES string of the molecule is Cc1cc(Cl)ccc1NCC(=O)c1cn(C)c2ccccc12. The molecule has 1 aromatic heterocycles. The van der Waals surface area contributed by atoms with Crippen LogP contribution in [0.25, 0.3) is 10.9 Å². The number of ketones is 1. The lowest BCUT2D eigenvalue weighted by Gasteiger charge is -2.09. The zero-order chi connectivity index (χ0) is 15.7. The molecule has 0 unspecified atom stereocenters. The summed E-state index contributed by atoms with van der Waals surface area (Å²) in [5, 5.41) is 4.88. The van der Waals surface area contributed by atoms with Gasteiger partial charge in [0.25, 0.3) is 0 Å². The topological polar surface area (TPSA) is 34.0 Å². The molecule has 0 aliphatic carbocycles. The minimum atomic E-state index is 0.0751. The summed E-state index contributed by atoms with van der Waals surface area (Å²) in [6, 6.07) is 13.5. The third-order valence-corrected chi connectivity index (χ3v) is 4.06. The van der Waals surface area contributed by atoms with E-state index < -0.39 is 0 Å². The maximum absolute atomic E-state index is 12.5. The molecule has 112 valence electrons. The van der Waals surface area contributed by atoms with Crippen molar-refractivity contribution < 1.29 is 4.79 Å². The van der Waals surface area contributed by atoms with Gasteiger partial charge in [0.05, 0.1) is 6.54 Å². The molecule has 1 N–H and O–H groups in total. The van der Waals surface area contributed by atoms with Gasteiger partial charge in [0.2, 0.25) is 0 Å². The molecule has 0 fully saturated rings. The molecule has 3 aromatic rings. The zero-order valence-electron chi connectivity index (χ0n) is 12.6. The molecule has 2 aromatic carbocycles. The van der Waals surface area contributed by atoms with Crippen molar-refractivity contribution in [3.63, 3.8) is 0 Å². The largest absolute Gasteiger partial charge is 0.377 e. The molecular weight excluding hydrogens is 296 g/mol. The van der Waals surface area contributed by atoms with Gasteiger partial charge in [0.15, 0.2) is 5.78 Å². The maximum Gasteiger partial charge on any atom is 0.184 e. The Labute approximate surface area is 134 Å². The summed E-state index contributed by atoms with van der Waals surface area (Å²) in [6.07, 6.45) is 1.89. The van der Waals surface area contributed by atoms with Gasteiger partial charge in [-0.3, -0.25) is 4.79 Å². The Morgan fingerprint density at radius 1 is 1.23 bits per heavy atom. The Hall–Kier alpha value is -2.26. The molecular formula is C18H17ClN2O. The Morgan fingerprint density at radius 2 is 2.00 bits per heavy atom. The Bertz CT molecular complexity index is 851. The number of hydrogen-bond donors (Lipinski definition) is 1. The smallest absolute Gasteiger partial charge is 0.184 e. The second-order valence-corrected chi connectivity index (χ2v) is 5.84. The lowest BCUT2D eigenvalue weighted by Crippen LogP contribution is -2.14. The molecule has 22 heavy (non-hydrogen) atoms. The van der Waals surface area contributed by atoms with Crippen LogP contribution in [0.5, 0.6) is 0 Å². The quantitative estimate of drug-likeness (QED) is 0.723. The molecule has 0 spiro atoms. The van der Waals surface area contributed by atoms with Gasteiger partial charge in [-0.15, -0.1) is 0 Å². The van der Waals surface area contributed by atoms with Crippen molar-refractivity contribution in [3.05, 3.63) is 64.8 Å². The van der Waals surface area contributed by atoms with Gasteiger partial charge in [-0.1, -0.05) is 29.8 Å². The highest BCUT2D eigenvalue weighted by Crippen LogP contribution is 2.22. The van der Waals surface area contributed by atoms with Crippen molar-refractivity contribution in [2.75, 3.05) is 11.9 Å². The third kappa shape index (κ3) is 2.72. The number of hydrogen-bond acceptors (Lipinski definition) is 2. The number of para-hydroxylation sites is 1. The maximum atomic E-state index is 12.5. The summed E-state index contributed by atoms with van der Waals surface area (Å²) in [7, 11) is 1.95. The molecule has 0 atom stereocenters. The van der Waals surface area contributed by atoms with E-state index in [0.29, 0.717) is 5.02 Å². The number of halogens is 1. The first-order chi connectivity index (χ1) is 10.6. The van der Waals surface area contributed by atoms with Crippen molar-refractivity contribution in [1.29, 1.82) is 0 Å². The number of Topliss-reactive ketones (excluding diaryl/α,β-unsaturated/α-hetero) is 1. The summed E-state index contributed by atoms with van der Waals surface area (Å²) in [6.45, 7) is 2.23. The predicted molar refractivity (Wildman–Crippen MR) is 91.9 cm³/mol. The Morgan fingerprint density at radius 3 is 2.77 bits per heavy atom. The molecule has 0 saturated heterocycles. The van der Waals surface area contributed by atoms with E-state index in [0.717, 1.165) is 27.7 Å². The number of aryl methyl sites for hydroxylation is 2. The summed E-state index contributed by atoms with van der Waals surface area (Å²) < 4.78 is 1.98. The van der Waals surface area contributed by atoms with Crippen LogP contribution in [0.15, 0.2) is 48.7 Å². The Balaban J connectivity index is 1.82. The minimum absolute atomic E-state index is 0.0751. The summed E-state index contributed by atoms with van der Waals surface area (Å²) in [5.41, 5.74) is 3.77. The number of fused-ring (bicyclic) bond motifs is 1. The second-order valence-electron chi connectivity index (χ2n) is 5.41. The van der Waals surface area contributed by atoms with E-state index >= 15 is 0 Å². The molecule has 0 radical (unpaired) electrons. The normalized spacial score (nSPS) is 10.9. The number of aromatic nitrogens is 1. The van der Waals surface area contributed by atoms with Gasteiger partial charge in [0, 0.05) is 40.4 Å². The van der Waals surface area contributed by atoms with Crippen molar-refractivity contribution in [3.8, 4) is 0 Å². The van der Waals surface area contributed by atoms with E-state index in [2.05, 4.69) is 5.32 Å². The molecule has 0 aliphatic heterocycles. The fraction of sp³-hybridized carbons (Fsp3) is 0.167. The molecule has 0 bridgehead atoms. The average Bonchev–Trinajstić information content (AvgIpc) is 2.84. The molecule has 0 saturated carbocycles. The van der Waals surface area contributed by atoms with Crippen molar-refractivity contribution in [1.82, 2.24) is 4.57 Å². The second kappa shape index (κ2) is 5.85. The van der Waals surface area contributed by atoms with Crippen molar-refractivity contribution in [2.24, 2.45) is 7.05 Å². The van der Waals surface area contributed by atoms with Crippen LogP contribution < -0.4 is 5.32 Å². The monoisotopic (exact) mass is 312 g/mol. The van der Waals surface area contributed by atoms with Crippen LogP contribution in [0.2, 0.25) is 5.02 Å². The van der Waals surface area contributed by atoms with Gasteiger partial charge in [-0.2, -0.15) is 0 Å². The van der Waals surface area contributed by atoms with Crippen LogP contribution in [0.3, 0.4) is 0 Å². The standard InChI is InChI=1S/C18H17ClN2O/c1-12-9-13(19)7-8-16(12)20-10-18(22)15-11-21(2)17-6-4-3-5-14(15)17/h3-9,11,20H,10H2,1-2H3. The highest BCUT2D eigenvalue weighted by molar-refractivity contribution is 6.30. The molecule has 0 aliphatic rings. The van der Waals surface area contributed by atoms with Crippen molar-refractivity contribution in [2.45, 2.75) is 6.92 Å². The number of nitrogens with one attached hydrogen (secondary N) is 1. The van der Waals surface area contributed by atoms with Crippen LogP contribution >= 0.6 is 11.6 Å². The summed E-state index contributed by atoms with van der Waals surface area (Å²) in [4.78, 5) is 12.5. The number of carbonyl (C=O) groups excluding carboxylic acids is 1. The molecule has 3 rings (SSSR count). The number of anilines is 1. The molecule has 3 nitrogen and oxygen atoms in total. The van der Waals surface area contributed by atoms with Crippen LogP contribution in [-0.4, -0.2) is 16.9 Å². The minimum Gasteiger partial charge on any atom is -0.377 e. The summed E-state index contributed by atoms with van der Waals surface area (Å²) in [5.74, 6) is 0.0751. The van der Waals surface area contributed by atoms with Crippen LogP contribution in [0.4, 0.5) is 5.69 Å². The van der Waals surface area contributed by atoms with Gasteiger partial charge in [0.1, 0.15) is 0 Å². The van der Waals surface area contributed by atoms with E-state index in [1.807, 2.05) is 67.2 Å². The fourth-order valence-corrected chi connectivity index (χ4v) is 2.89. The van der Waals surface area contributed by atoms with Gasteiger partial charge in [-0.05, 0) is 36.8 Å². The summed E-state index contributed by atoms with van der Waals surface area (Å²) >= 11 is 5.95. The van der Waals surface area contributed by atoms with E-state index in [1.165, 1.54) is 0 Å². The molecule has 0 amide bonds. The number of carbonyl (C=O) groups is 1. The van der Waals surface area contributed by atoms with Crippen LogP contribution in [0.1, 0.15) is 15.9 Å². The van der Waals surface area contributed by atoms with Crippen molar-refractivity contribution >= 4 is 34.0 Å². The zero-order valence-corrected chi connectivity index (χ0v) is 13.3. The van der Waals surface area contributed by atoms with E-state index in [1.54, 1.807) is 0 Å². The average molecular weight is 313 g/mol. The van der Waals surface area contributed by atoms with Crippen LogP contribution in [0, 0.1) is 6.92 Å². The lowest BCUT2D eigenvalue weighted by atomic mass is 10.1. The molecule has 4 heteroatoms. The van der Waals surface area contributed by atoms with E-state index in [9.17, 15) is 4.79 Å². The first-order valence-electron chi connectivity index (χ1n) is 7.13. The van der Waals surface area contributed by atoms with E-state index in [4.69, 9.17) is 11.6 Å². The van der Waals surface area contributed by atoms with Gasteiger partial charge < -0.3 is 9.88 Å². The highest BCUT2D eigenvalue weighted by Gasteiger charge is 2.13. The van der Waals surface area contributed by atoms with E-state index in [-0.39, 0.29) is 12.3 Å². The predicted octanol–water partition coefficient (Wildman–Crippen LogP) is 4.43. The first kappa shape index (κ1) is 14.7. The van der Waals surface area contributed by atoms with Crippen LogP contribution in [-0.2, 0) is 7.05 Å². The number of nitrogens with zero attached hydrogens (tertiary/aromatic N) is 1. The Kier molecular flexibility index (Phi) is 3.90. The molecule has 1 heterocycles. The highest BCUT2D eigenvalue weighted by atomic mass is 35.5. The number of benzene rings is 2. The van der Waals surface area contributed by atoms with Gasteiger partial charge >= 0.3 is 0 Å². The number of rotatable bonds is 4. The first-order valence-corrected chi connectivity index (χ1v) is 7.51. The third-order valence-electron chi connectivity index (χ3n) is 3.83. The lowest BCUT2D eigenvalue weighted by molar-refractivity contribution is 0.101. The fourth-order valence-electron chi connectivity index (χ4n) is 2.66.